The van der Waals surface area contributed by atoms with Crippen molar-refractivity contribution >= 4 is 88.1 Å². The number of aryl methyl sites for hydroxylation is 2. The number of rotatable bonds is 7. The number of anilines is 3. The summed E-state index contributed by atoms with van der Waals surface area (Å²) < 4.78 is 10.6. The van der Waals surface area contributed by atoms with E-state index in [2.05, 4.69) is 42.3 Å². The molecule has 2 aromatic carbocycles. The molecule has 0 fully saturated rings. The molecule has 6 amide bonds. The Morgan fingerprint density at radius 2 is 1.05 bits per heavy atom. The van der Waals surface area contributed by atoms with E-state index in [1.807, 2.05) is 59.5 Å². The number of carbonyl (C=O) groups is 6. The van der Waals surface area contributed by atoms with E-state index in [9.17, 15) is 28.8 Å². The van der Waals surface area contributed by atoms with Crippen LogP contribution >= 0.6 is 0 Å². The number of fused-ring (bicyclic) bond motifs is 2. The minimum absolute atomic E-state index is 0.00466. The first kappa shape index (κ1) is 52.4. The predicted molar refractivity (Wildman–Crippen MR) is 282 cm³/mol. The summed E-state index contributed by atoms with van der Waals surface area (Å²) in [5.41, 5.74) is 13.6. The van der Waals surface area contributed by atoms with Crippen molar-refractivity contribution in [1.82, 2.24) is 30.4 Å². The summed E-state index contributed by atoms with van der Waals surface area (Å²) in [5.74, 6) is 0.917. The Bertz CT molecular complexity index is 2880. The maximum atomic E-state index is 12.8. The van der Waals surface area contributed by atoms with Crippen molar-refractivity contribution in [2.24, 2.45) is 4.99 Å². The molecule has 8 rings (SSSR count). The maximum absolute atomic E-state index is 12.8. The normalized spacial score (nSPS) is 15.5. The first-order valence-corrected chi connectivity index (χ1v) is 24.2. The second kappa shape index (κ2) is 23.2. The highest BCUT2D eigenvalue weighted by Crippen LogP contribution is 2.27. The highest BCUT2D eigenvalue weighted by molar-refractivity contribution is 6.02. The summed E-state index contributed by atoms with van der Waals surface area (Å²) in [4.78, 5) is 89.6. The van der Waals surface area contributed by atoms with Gasteiger partial charge in [-0.15, -0.1) is 0 Å². The third-order valence-corrected chi connectivity index (χ3v) is 11.6. The summed E-state index contributed by atoms with van der Waals surface area (Å²) in [7, 11) is 0. The lowest BCUT2D eigenvalue weighted by Crippen LogP contribution is -2.47. The second-order valence-corrected chi connectivity index (χ2v) is 19.7. The van der Waals surface area contributed by atoms with E-state index in [1.165, 1.54) is 5.57 Å². The minimum atomic E-state index is -0.774. The Kier molecular flexibility index (Phi) is 16.7. The van der Waals surface area contributed by atoms with Crippen LogP contribution in [0.3, 0.4) is 0 Å². The molecule has 4 aromatic rings. The van der Waals surface area contributed by atoms with Gasteiger partial charge in [0.05, 0.1) is 5.69 Å². The summed E-state index contributed by atoms with van der Waals surface area (Å²) in [6.07, 6.45) is 16.2. The van der Waals surface area contributed by atoms with E-state index >= 15 is 0 Å². The molecule has 0 bridgehead atoms. The number of nitrogens with two attached hydrogens (primary N) is 1. The van der Waals surface area contributed by atoms with Gasteiger partial charge in [0.1, 0.15) is 22.8 Å². The van der Waals surface area contributed by atoms with E-state index in [4.69, 9.17) is 15.2 Å². The van der Waals surface area contributed by atoms with Crippen molar-refractivity contribution < 1.29 is 38.2 Å². The van der Waals surface area contributed by atoms with E-state index in [1.54, 1.807) is 95.3 Å². The zero-order valence-electron chi connectivity index (χ0n) is 42.0. The molecule has 0 aliphatic carbocycles. The number of benzene rings is 2. The fourth-order valence-corrected chi connectivity index (χ4v) is 8.00. The van der Waals surface area contributed by atoms with Crippen LogP contribution in [0.5, 0.6) is 0 Å². The van der Waals surface area contributed by atoms with Gasteiger partial charge in [0.2, 0.25) is 29.6 Å². The number of pyridine rings is 2. The van der Waals surface area contributed by atoms with Gasteiger partial charge in [0.25, 0.3) is 0 Å². The van der Waals surface area contributed by atoms with E-state index in [-0.39, 0.29) is 29.6 Å². The number of guanidine groups is 1. The average Bonchev–Trinajstić information content (AvgIpc) is 3.34. The van der Waals surface area contributed by atoms with Crippen LogP contribution in [-0.4, -0.2) is 98.9 Å². The molecule has 0 atom stereocenters. The number of hydrogen-bond donors (Lipinski definition) is 5. The number of ether oxygens (including phenoxy) is 2. The third kappa shape index (κ3) is 15.8. The Labute approximate surface area is 424 Å². The van der Waals surface area contributed by atoms with Crippen molar-refractivity contribution in [3.63, 3.8) is 0 Å². The molecule has 0 saturated heterocycles. The quantitative estimate of drug-likeness (QED) is 0.0512. The minimum Gasteiger partial charge on any atom is -0.444 e. The molecule has 18 heteroatoms. The zero-order chi connectivity index (χ0) is 52.3. The van der Waals surface area contributed by atoms with Gasteiger partial charge in [0, 0.05) is 69.3 Å². The van der Waals surface area contributed by atoms with Gasteiger partial charge >= 0.3 is 12.2 Å². The third-order valence-electron chi connectivity index (χ3n) is 11.6. The number of nitrogen functional groups attached to an aromatic ring is 1. The molecule has 4 aliphatic heterocycles. The van der Waals surface area contributed by atoms with Crippen LogP contribution in [-0.2, 0) is 41.5 Å². The van der Waals surface area contributed by atoms with Crippen LogP contribution in [0.4, 0.5) is 32.6 Å². The molecule has 0 radical (unpaired) electrons. The van der Waals surface area contributed by atoms with Crippen molar-refractivity contribution in [2.75, 3.05) is 42.5 Å². The molecule has 6 heterocycles. The van der Waals surface area contributed by atoms with Crippen molar-refractivity contribution in [1.29, 1.82) is 0 Å². The van der Waals surface area contributed by atoms with Crippen LogP contribution in [0, 0.1) is 0 Å². The van der Waals surface area contributed by atoms with Crippen molar-refractivity contribution in [3.05, 3.63) is 131 Å². The Balaban J connectivity index is 0.000000237. The zero-order valence-corrected chi connectivity index (χ0v) is 42.0. The Morgan fingerprint density at radius 3 is 1.45 bits per heavy atom. The number of hydrogen-bond acceptors (Lipinski definition) is 12. The summed E-state index contributed by atoms with van der Waals surface area (Å²) in [6, 6.07) is 19.1. The summed E-state index contributed by atoms with van der Waals surface area (Å²) in [6.45, 7) is 12.7. The largest absolute Gasteiger partial charge is 0.444 e. The summed E-state index contributed by atoms with van der Waals surface area (Å²) in [5, 5.41) is 10.5. The fourth-order valence-electron chi connectivity index (χ4n) is 8.00. The Morgan fingerprint density at radius 1 is 0.630 bits per heavy atom. The predicted octanol–water partition coefficient (Wildman–Crippen LogP) is 8.21. The lowest BCUT2D eigenvalue weighted by Gasteiger charge is -2.25. The maximum Gasteiger partial charge on any atom is 0.414 e. The van der Waals surface area contributed by atoms with Crippen LogP contribution < -0.4 is 27.0 Å². The molecule has 73 heavy (non-hydrogen) atoms. The number of nitrogens with zero attached hydrogens (tertiary/aromatic N) is 5. The molecule has 18 nitrogen and oxygen atoms in total. The second-order valence-electron chi connectivity index (χ2n) is 19.7. The van der Waals surface area contributed by atoms with Gasteiger partial charge < -0.3 is 35.6 Å². The van der Waals surface area contributed by atoms with Crippen LogP contribution in [0.25, 0.3) is 23.3 Å². The first-order valence-electron chi connectivity index (χ1n) is 24.2. The van der Waals surface area contributed by atoms with Crippen LogP contribution in [0.2, 0.25) is 0 Å². The molecule has 6 N–H and O–H groups in total. The molecule has 4 aliphatic rings. The van der Waals surface area contributed by atoms with Gasteiger partial charge in [-0.05, 0) is 160 Å². The molecular weight excluding hydrogens is 929 g/mol. The van der Waals surface area contributed by atoms with Crippen LogP contribution in [0.15, 0.2) is 102 Å². The van der Waals surface area contributed by atoms with Gasteiger partial charge in [-0.1, -0.05) is 36.4 Å². The molecule has 0 spiro atoms. The lowest BCUT2D eigenvalue weighted by molar-refractivity contribution is -0.126. The number of nitrogens with one attached hydrogen (secondary N) is 4. The smallest absolute Gasteiger partial charge is 0.414 e. The average molecular weight is 991 g/mol. The van der Waals surface area contributed by atoms with Gasteiger partial charge in [-0.2, -0.15) is 0 Å². The number of aliphatic imine (C=N–C) groups is 1. The topological polar surface area (TPSA) is 240 Å². The standard InChI is InChI=1S/C33H40N6O6.C22H22N4O2/c1-32(2,3)44-30(42)37-29(38-31(43)45-33(4,5)6)35-25-11-8-22(9-12-25)23-15-17-39(18-16-23)27(41)14-7-21-19-24-10-13-26(40)36-28(24)34-20-21;23-19-5-2-16(3-6-19)17-9-11-26(12-10-17)21(28)8-1-15-13-18-4-7-20(27)25-22(18)24-14-15/h7-9,11-12,14-15,19-20H,10,13,16-18H2,1-6H3,(H,34,36,40)(H2,35,37,38,42,43);1-3,5-6,8-9,13-14H,4,7,10-12,23H2,(H,24,25,27)/b14-7+;8-1+. The summed E-state index contributed by atoms with van der Waals surface area (Å²) >= 11 is 0. The number of alkyl carbamates (subject to hydrolysis) is 2. The fraction of sp³-hybridized carbons (Fsp3) is 0.327. The van der Waals surface area contributed by atoms with E-state index in [0.29, 0.717) is 75.6 Å². The number of carbonyl (C=O) groups excluding carboxylic acids is 6. The molecule has 380 valence electrons. The molecule has 0 saturated carbocycles. The Hall–Kier alpha value is -8.41. The highest BCUT2D eigenvalue weighted by Gasteiger charge is 2.23. The van der Waals surface area contributed by atoms with Crippen molar-refractivity contribution in [2.45, 2.75) is 91.3 Å². The van der Waals surface area contributed by atoms with E-state index < -0.39 is 23.4 Å². The van der Waals surface area contributed by atoms with Gasteiger partial charge in [-0.3, -0.25) is 29.8 Å². The van der Waals surface area contributed by atoms with Gasteiger partial charge in [-0.25, -0.2) is 24.5 Å². The lowest BCUT2D eigenvalue weighted by atomic mass is 9.99. The molecule has 2 aromatic heterocycles. The number of aromatic nitrogens is 2. The van der Waals surface area contributed by atoms with Gasteiger partial charge in [0.15, 0.2) is 0 Å². The number of amides is 6. The monoisotopic (exact) mass is 990 g/mol. The molecular formula is C55H62N10O8. The first-order chi connectivity index (χ1) is 34.7. The SMILES string of the molecule is CC(C)(C)OC(=O)NC(=Nc1ccc(C2=CCN(C(=O)/C=C/c3cnc4c(c3)CCC(=O)N4)CC2)cc1)NC(=O)OC(C)(C)C.Nc1ccc(C2=CCN(C(=O)/C=C/c3cnc4c(c3)CCC(=O)N4)CC2)cc1. The van der Waals surface area contributed by atoms with Crippen LogP contribution in [0.1, 0.15) is 101 Å². The highest BCUT2D eigenvalue weighted by atomic mass is 16.6. The van der Waals surface area contributed by atoms with E-state index in [0.717, 1.165) is 51.1 Å². The molecule has 0 unspecified atom stereocenters. The van der Waals surface area contributed by atoms with Crippen molar-refractivity contribution in [3.8, 4) is 0 Å².